The molecule has 0 saturated heterocycles. The largest absolute Gasteiger partial charge is 0.481 e. The van der Waals surface area contributed by atoms with Crippen LogP contribution in [0, 0.1) is 5.82 Å². The number of rotatable bonds is 9. The van der Waals surface area contributed by atoms with Gasteiger partial charge in [-0.2, -0.15) is 0 Å². The number of hydrogen-bond donors (Lipinski definition) is 2. The molecule has 0 spiro atoms. The van der Waals surface area contributed by atoms with Crippen LogP contribution >= 0.6 is 0 Å². The lowest BCUT2D eigenvalue weighted by molar-refractivity contribution is 0.0229. The topological polar surface area (TPSA) is 101 Å². The van der Waals surface area contributed by atoms with Crippen molar-refractivity contribution in [3.63, 3.8) is 0 Å². The Bertz CT molecular complexity index is 935. The maximum atomic E-state index is 14.5. The second kappa shape index (κ2) is 10.8. The van der Waals surface area contributed by atoms with Crippen LogP contribution in [-0.4, -0.2) is 63.7 Å². The summed E-state index contributed by atoms with van der Waals surface area (Å²) in [6, 6.07) is 4.46. The van der Waals surface area contributed by atoms with E-state index in [1.807, 2.05) is 0 Å². The van der Waals surface area contributed by atoms with Crippen LogP contribution in [0.2, 0.25) is 0 Å². The van der Waals surface area contributed by atoms with Crippen LogP contribution in [0.5, 0.6) is 5.88 Å². The summed E-state index contributed by atoms with van der Waals surface area (Å²) < 4.78 is 41.0. The van der Waals surface area contributed by atoms with Crippen molar-refractivity contribution >= 4 is 27.9 Å². The number of hydrogen-bond acceptors (Lipinski definition) is 6. The molecular weight excluding hydrogens is 425 g/mol. The number of halogens is 1. The number of pyridine rings is 1. The van der Waals surface area contributed by atoms with E-state index in [1.165, 1.54) is 12.0 Å². The van der Waals surface area contributed by atoms with E-state index in [9.17, 15) is 13.4 Å². The van der Waals surface area contributed by atoms with Crippen LogP contribution in [-0.2, 0) is 15.7 Å². The van der Waals surface area contributed by atoms with Gasteiger partial charge >= 0.3 is 6.09 Å². The minimum atomic E-state index is -1.76. The SMILES string of the molecule is COc1ncc(F)c2c(S(=O)NC(C)CN(CCCO)C(=O)OC(C)(C)C)cccc12. The van der Waals surface area contributed by atoms with Crippen LogP contribution in [0.15, 0.2) is 29.3 Å². The quantitative estimate of drug-likeness (QED) is 0.603. The molecule has 2 aromatic rings. The summed E-state index contributed by atoms with van der Waals surface area (Å²) in [4.78, 5) is 18.1. The Morgan fingerprint density at radius 2 is 2.10 bits per heavy atom. The lowest BCUT2D eigenvalue weighted by atomic mass is 10.1. The highest BCUT2D eigenvalue weighted by molar-refractivity contribution is 7.83. The standard InChI is InChI=1S/C21H30FN3O5S/c1-14(13-25(10-7-11-26)20(27)30-21(2,3)4)24-31(28)17-9-6-8-15-18(17)16(22)12-23-19(15)29-5/h6,8-9,12,14,24,26H,7,10-11,13H2,1-5H3. The number of benzene rings is 1. The molecule has 10 heteroatoms. The fourth-order valence-electron chi connectivity index (χ4n) is 2.98. The van der Waals surface area contributed by atoms with E-state index in [0.717, 1.165) is 6.20 Å². The number of carbonyl (C=O) groups is 1. The van der Waals surface area contributed by atoms with Crippen molar-refractivity contribution in [1.29, 1.82) is 0 Å². The van der Waals surface area contributed by atoms with Gasteiger partial charge < -0.3 is 19.5 Å². The number of aliphatic hydroxyl groups excluding tert-OH is 1. The van der Waals surface area contributed by atoms with Crippen LogP contribution in [0.4, 0.5) is 9.18 Å². The molecule has 0 aliphatic heterocycles. The first-order valence-corrected chi connectivity index (χ1v) is 11.1. The number of ether oxygens (including phenoxy) is 2. The highest BCUT2D eigenvalue weighted by Crippen LogP contribution is 2.29. The van der Waals surface area contributed by atoms with Gasteiger partial charge in [-0.25, -0.2) is 23.1 Å². The van der Waals surface area contributed by atoms with Crippen molar-refractivity contribution in [2.75, 3.05) is 26.8 Å². The van der Waals surface area contributed by atoms with Crippen LogP contribution < -0.4 is 9.46 Å². The van der Waals surface area contributed by atoms with Gasteiger partial charge in [0.1, 0.15) is 16.6 Å². The zero-order chi connectivity index (χ0) is 23.2. The zero-order valence-electron chi connectivity index (χ0n) is 18.5. The molecule has 0 aliphatic rings. The average Bonchev–Trinajstić information content (AvgIpc) is 2.69. The molecule has 0 bridgehead atoms. The minimum absolute atomic E-state index is 0.0712. The first-order valence-electron chi connectivity index (χ1n) is 9.95. The molecule has 0 radical (unpaired) electrons. The van der Waals surface area contributed by atoms with Crippen molar-refractivity contribution in [3.8, 4) is 5.88 Å². The first kappa shape index (κ1) is 25.0. The third kappa shape index (κ3) is 6.84. The molecule has 8 nitrogen and oxygen atoms in total. The average molecular weight is 456 g/mol. The van der Waals surface area contributed by atoms with E-state index in [4.69, 9.17) is 14.6 Å². The van der Waals surface area contributed by atoms with Crippen molar-refractivity contribution in [2.45, 2.75) is 50.7 Å². The van der Waals surface area contributed by atoms with Gasteiger partial charge in [0, 0.05) is 36.5 Å². The van der Waals surface area contributed by atoms with Crippen LogP contribution in [0.3, 0.4) is 0 Å². The van der Waals surface area contributed by atoms with Crippen molar-refractivity contribution in [2.24, 2.45) is 0 Å². The molecule has 1 amide bonds. The van der Waals surface area contributed by atoms with Gasteiger partial charge in [-0.05, 0) is 46.2 Å². The Morgan fingerprint density at radius 3 is 2.71 bits per heavy atom. The Balaban J connectivity index is 2.19. The second-order valence-electron chi connectivity index (χ2n) is 8.09. The molecule has 172 valence electrons. The van der Waals surface area contributed by atoms with E-state index >= 15 is 0 Å². The van der Waals surface area contributed by atoms with E-state index in [0.29, 0.717) is 11.8 Å². The maximum Gasteiger partial charge on any atom is 0.410 e. The van der Waals surface area contributed by atoms with Crippen LogP contribution in [0.25, 0.3) is 10.8 Å². The number of carbonyl (C=O) groups excluding carboxylic acids is 1. The summed E-state index contributed by atoms with van der Waals surface area (Å²) >= 11 is 0. The third-order valence-corrected chi connectivity index (χ3v) is 5.58. The number of amides is 1. The number of methoxy groups -OCH3 is 1. The van der Waals surface area contributed by atoms with Gasteiger partial charge in [0.05, 0.1) is 18.2 Å². The summed E-state index contributed by atoms with van der Waals surface area (Å²) in [6.45, 7) is 7.47. The molecule has 31 heavy (non-hydrogen) atoms. The number of nitrogens with one attached hydrogen (secondary N) is 1. The normalized spacial score (nSPS) is 13.6. The second-order valence-corrected chi connectivity index (χ2v) is 9.30. The highest BCUT2D eigenvalue weighted by Gasteiger charge is 2.24. The number of aromatic nitrogens is 1. The predicted octanol–water partition coefficient (Wildman–Crippen LogP) is 3.00. The Labute approximate surface area is 184 Å². The van der Waals surface area contributed by atoms with Crippen LogP contribution in [0.1, 0.15) is 34.1 Å². The van der Waals surface area contributed by atoms with Gasteiger partial charge in [0.25, 0.3) is 0 Å². The number of nitrogens with zero attached hydrogens (tertiary/aromatic N) is 2. The molecule has 0 fully saturated rings. The van der Waals surface area contributed by atoms with Crippen molar-refractivity contribution < 1.29 is 28.0 Å². The van der Waals surface area contributed by atoms with Gasteiger partial charge in [-0.15, -0.1) is 0 Å². The third-order valence-electron chi connectivity index (χ3n) is 4.22. The van der Waals surface area contributed by atoms with Crippen molar-refractivity contribution in [1.82, 2.24) is 14.6 Å². The Morgan fingerprint density at radius 1 is 1.39 bits per heavy atom. The summed E-state index contributed by atoms with van der Waals surface area (Å²) in [5, 5.41) is 9.71. The monoisotopic (exact) mass is 455 g/mol. The van der Waals surface area contributed by atoms with Gasteiger partial charge in [0.2, 0.25) is 5.88 Å². The number of aliphatic hydroxyl groups is 1. The molecule has 0 aliphatic carbocycles. The number of fused-ring (bicyclic) bond motifs is 1. The fourth-order valence-corrected chi connectivity index (χ4v) is 4.14. The Hall–Kier alpha value is -2.30. The molecule has 2 rings (SSSR count). The molecule has 0 saturated carbocycles. The minimum Gasteiger partial charge on any atom is -0.481 e. The molecule has 1 aromatic heterocycles. The fraction of sp³-hybridized carbons (Fsp3) is 0.524. The van der Waals surface area contributed by atoms with Gasteiger partial charge in [-0.3, -0.25) is 0 Å². The summed E-state index contributed by atoms with van der Waals surface area (Å²) in [6.07, 6.45) is 0.897. The molecule has 1 aromatic carbocycles. The van der Waals surface area contributed by atoms with E-state index < -0.39 is 34.5 Å². The van der Waals surface area contributed by atoms with E-state index in [1.54, 1.807) is 45.9 Å². The maximum absolute atomic E-state index is 14.5. The Kier molecular flexibility index (Phi) is 8.72. The van der Waals surface area contributed by atoms with Gasteiger partial charge in [-0.1, -0.05) is 6.07 Å². The molecule has 2 N–H and O–H groups in total. The molecular formula is C21H30FN3O5S. The first-order chi connectivity index (χ1) is 14.6. The van der Waals surface area contributed by atoms with Crippen molar-refractivity contribution in [3.05, 3.63) is 30.2 Å². The molecule has 2 unspecified atom stereocenters. The molecule has 2 atom stereocenters. The van der Waals surface area contributed by atoms with E-state index in [2.05, 4.69) is 9.71 Å². The summed E-state index contributed by atoms with van der Waals surface area (Å²) in [7, 11) is -0.333. The highest BCUT2D eigenvalue weighted by atomic mass is 32.2. The zero-order valence-corrected chi connectivity index (χ0v) is 19.3. The molecule has 1 heterocycles. The predicted molar refractivity (Wildman–Crippen MR) is 117 cm³/mol. The smallest absolute Gasteiger partial charge is 0.410 e. The summed E-state index contributed by atoms with van der Waals surface area (Å²) in [5.74, 6) is -0.365. The van der Waals surface area contributed by atoms with Gasteiger partial charge in [0.15, 0.2) is 5.82 Å². The van der Waals surface area contributed by atoms with E-state index in [-0.39, 0.29) is 35.9 Å². The summed E-state index contributed by atoms with van der Waals surface area (Å²) in [5.41, 5.74) is -0.665. The lowest BCUT2D eigenvalue weighted by Crippen LogP contribution is -2.45. The lowest BCUT2D eigenvalue weighted by Gasteiger charge is -2.29.